The fourth-order valence-corrected chi connectivity index (χ4v) is 2.23. The Hall–Kier alpha value is -2.02. The van der Waals surface area contributed by atoms with Gasteiger partial charge in [0.05, 0.1) is 0 Å². The van der Waals surface area contributed by atoms with E-state index in [0.717, 1.165) is 5.57 Å². The smallest absolute Gasteiger partial charge is 0.0489 e. The largest absolute Gasteiger partial charge is 0.361 e. The Bertz CT molecular complexity index is 612. The Morgan fingerprint density at radius 3 is 2.67 bits per heavy atom. The summed E-state index contributed by atoms with van der Waals surface area (Å²) in [5.74, 6) is 0.487. The van der Waals surface area contributed by atoms with Gasteiger partial charge in [-0.2, -0.15) is 0 Å². The average Bonchev–Trinajstić information content (AvgIpc) is 2.82. The van der Waals surface area contributed by atoms with Gasteiger partial charge in [-0.15, -0.1) is 0 Å². The topological polar surface area (TPSA) is 15.8 Å². The molecule has 0 aliphatic rings. The van der Waals surface area contributed by atoms with Crippen LogP contribution in [0, 0.1) is 0 Å². The molecule has 0 aliphatic heterocycles. The summed E-state index contributed by atoms with van der Waals surface area (Å²) in [5.41, 5.74) is 4.87. The second-order valence-corrected chi connectivity index (χ2v) is 4.72. The predicted octanol–water partition coefficient (Wildman–Crippen LogP) is 5.05. The van der Waals surface area contributed by atoms with Crippen molar-refractivity contribution in [3.8, 4) is 0 Å². The maximum absolute atomic E-state index is 3.87. The standard InChI is InChI=1S/C17H19N/c1-5-7-13(6-2)15-10-14-8-9-18-17(14)16(11-15)12(3)4/h5-12,18H,1-2H2,3-4H3/b13-7+. The zero-order valence-electron chi connectivity index (χ0n) is 11.0. The number of H-pyrrole nitrogens is 1. The first-order chi connectivity index (χ1) is 8.67. The van der Waals surface area contributed by atoms with Crippen molar-refractivity contribution < 1.29 is 0 Å². The molecule has 0 unspecified atom stereocenters. The van der Waals surface area contributed by atoms with Crippen LogP contribution in [0.5, 0.6) is 0 Å². The molecular formula is C17H19N. The van der Waals surface area contributed by atoms with Crippen molar-refractivity contribution in [3.05, 3.63) is 66.9 Å². The van der Waals surface area contributed by atoms with Gasteiger partial charge in [-0.1, -0.05) is 45.2 Å². The van der Waals surface area contributed by atoms with Gasteiger partial charge in [-0.3, -0.25) is 0 Å². The van der Waals surface area contributed by atoms with Gasteiger partial charge in [0.25, 0.3) is 0 Å². The van der Waals surface area contributed by atoms with Crippen molar-refractivity contribution in [1.82, 2.24) is 4.98 Å². The minimum atomic E-state index is 0.487. The molecule has 0 saturated heterocycles. The molecule has 2 aromatic rings. The summed E-state index contributed by atoms with van der Waals surface area (Å²) in [7, 11) is 0. The van der Waals surface area contributed by atoms with Gasteiger partial charge in [-0.05, 0) is 40.8 Å². The number of benzene rings is 1. The van der Waals surface area contributed by atoms with Gasteiger partial charge < -0.3 is 4.98 Å². The summed E-state index contributed by atoms with van der Waals surface area (Å²) < 4.78 is 0. The summed E-state index contributed by atoms with van der Waals surface area (Å²) in [4.78, 5) is 3.32. The Kier molecular flexibility index (Phi) is 3.52. The summed E-state index contributed by atoms with van der Waals surface area (Å²) in [6.07, 6.45) is 7.66. The highest BCUT2D eigenvalue weighted by molar-refractivity contribution is 5.89. The van der Waals surface area contributed by atoms with Gasteiger partial charge in [0.2, 0.25) is 0 Å². The molecule has 1 heteroatoms. The second-order valence-electron chi connectivity index (χ2n) is 4.72. The molecule has 0 saturated carbocycles. The van der Waals surface area contributed by atoms with Crippen LogP contribution in [0.4, 0.5) is 0 Å². The van der Waals surface area contributed by atoms with Crippen molar-refractivity contribution in [2.75, 3.05) is 0 Å². The fourth-order valence-electron chi connectivity index (χ4n) is 2.23. The summed E-state index contributed by atoms with van der Waals surface area (Å²) in [6, 6.07) is 6.54. The van der Waals surface area contributed by atoms with E-state index in [0.29, 0.717) is 5.92 Å². The molecule has 1 heterocycles. The van der Waals surface area contributed by atoms with E-state index < -0.39 is 0 Å². The molecule has 0 amide bonds. The Morgan fingerprint density at radius 1 is 1.28 bits per heavy atom. The maximum Gasteiger partial charge on any atom is 0.0489 e. The molecule has 1 aromatic heterocycles. The van der Waals surface area contributed by atoms with E-state index in [1.54, 1.807) is 6.08 Å². The minimum absolute atomic E-state index is 0.487. The van der Waals surface area contributed by atoms with Crippen LogP contribution in [-0.4, -0.2) is 4.98 Å². The Morgan fingerprint density at radius 2 is 2.06 bits per heavy atom. The third-order valence-corrected chi connectivity index (χ3v) is 3.16. The third-order valence-electron chi connectivity index (χ3n) is 3.16. The lowest BCUT2D eigenvalue weighted by atomic mass is 9.94. The first-order valence-electron chi connectivity index (χ1n) is 6.24. The monoisotopic (exact) mass is 237 g/mol. The van der Waals surface area contributed by atoms with Crippen molar-refractivity contribution >= 4 is 16.5 Å². The van der Waals surface area contributed by atoms with E-state index in [-0.39, 0.29) is 0 Å². The number of hydrogen-bond donors (Lipinski definition) is 1. The number of fused-ring (bicyclic) bond motifs is 1. The van der Waals surface area contributed by atoms with E-state index in [9.17, 15) is 0 Å². The quantitative estimate of drug-likeness (QED) is 0.716. The van der Waals surface area contributed by atoms with E-state index >= 15 is 0 Å². The molecule has 2 rings (SSSR count). The number of allylic oxidation sites excluding steroid dienone is 4. The predicted molar refractivity (Wildman–Crippen MR) is 80.8 cm³/mol. The first-order valence-corrected chi connectivity index (χ1v) is 6.24. The highest BCUT2D eigenvalue weighted by atomic mass is 14.7. The first kappa shape index (κ1) is 12.4. The van der Waals surface area contributed by atoms with Gasteiger partial charge >= 0.3 is 0 Å². The zero-order chi connectivity index (χ0) is 13.1. The SMILES string of the molecule is C=C/C=C(\C=C)c1cc(C(C)C)c2[nH]ccc2c1. The average molecular weight is 237 g/mol. The van der Waals surface area contributed by atoms with E-state index in [4.69, 9.17) is 0 Å². The molecular weight excluding hydrogens is 218 g/mol. The van der Waals surface area contributed by atoms with Crippen LogP contribution in [-0.2, 0) is 0 Å². The Balaban J connectivity index is 2.69. The van der Waals surface area contributed by atoms with Gasteiger partial charge in [0.15, 0.2) is 0 Å². The van der Waals surface area contributed by atoms with Crippen molar-refractivity contribution in [2.24, 2.45) is 0 Å². The van der Waals surface area contributed by atoms with Crippen LogP contribution in [0.3, 0.4) is 0 Å². The van der Waals surface area contributed by atoms with Gasteiger partial charge in [0, 0.05) is 17.1 Å². The Labute approximate surface area is 109 Å². The molecule has 18 heavy (non-hydrogen) atoms. The van der Waals surface area contributed by atoms with Crippen LogP contribution in [0.25, 0.3) is 16.5 Å². The molecule has 0 radical (unpaired) electrons. The lowest BCUT2D eigenvalue weighted by Crippen LogP contribution is -1.92. The summed E-state index contributed by atoms with van der Waals surface area (Å²) in [5, 5.41) is 1.24. The van der Waals surface area contributed by atoms with Crippen molar-refractivity contribution in [2.45, 2.75) is 19.8 Å². The van der Waals surface area contributed by atoms with E-state index in [1.807, 2.05) is 18.3 Å². The van der Waals surface area contributed by atoms with Crippen LogP contribution >= 0.6 is 0 Å². The molecule has 92 valence electrons. The van der Waals surface area contributed by atoms with Crippen LogP contribution in [0.2, 0.25) is 0 Å². The third kappa shape index (κ3) is 2.17. The summed E-state index contributed by atoms with van der Waals surface area (Å²) in [6.45, 7) is 12.1. The normalized spacial score (nSPS) is 12.1. The van der Waals surface area contributed by atoms with Crippen molar-refractivity contribution in [3.63, 3.8) is 0 Å². The highest BCUT2D eigenvalue weighted by Crippen LogP contribution is 2.29. The zero-order valence-corrected chi connectivity index (χ0v) is 11.0. The van der Waals surface area contributed by atoms with Gasteiger partial charge in [-0.25, -0.2) is 0 Å². The van der Waals surface area contributed by atoms with E-state index in [1.165, 1.54) is 22.0 Å². The van der Waals surface area contributed by atoms with Crippen LogP contribution < -0.4 is 0 Å². The lowest BCUT2D eigenvalue weighted by molar-refractivity contribution is 0.873. The van der Waals surface area contributed by atoms with Crippen LogP contribution in [0.15, 0.2) is 55.8 Å². The van der Waals surface area contributed by atoms with E-state index in [2.05, 4.69) is 50.2 Å². The fraction of sp³-hybridized carbons (Fsp3) is 0.176. The number of rotatable bonds is 4. The molecule has 0 aliphatic carbocycles. The minimum Gasteiger partial charge on any atom is -0.361 e. The molecule has 0 atom stereocenters. The highest BCUT2D eigenvalue weighted by Gasteiger charge is 2.09. The molecule has 0 fully saturated rings. The molecule has 0 bridgehead atoms. The van der Waals surface area contributed by atoms with Gasteiger partial charge in [0.1, 0.15) is 0 Å². The molecule has 0 spiro atoms. The number of aromatic amines is 1. The molecule has 1 nitrogen and oxygen atoms in total. The lowest BCUT2D eigenvalue weighted by Gasteiger charge is -2.11. The second kappa shape index (κ2) is 5.09. The summed E-state index contributed by atoms with van der Waals surface area (Å²) >= 11 is 0. The number of aromatic nitrogens is 1. The van der Waals surface area contributed by atoms with Crippen LogP contribution in [0.1, 0.15) is 30.9 Å². The molecule has 1 N–H and O–H groups in total. The number of hydrogen-bond acceptors (Lipinski definition) is 0. The van der Waals surface area contributed by atoms with Crippen molar-refractivity contribution in [1.29, 1.82) is 0 Å². The molecule has 1 aromatic carbocycles. The number of nitrogens with one attached hydrogen (secondary N) is 1. The maximum atomic E-state index is 3.87.